The molecule has 144 valence electrons. The van der Waals surface area contributed by atoms with Crippen LogP contribution >= 0.6 is 0 Å². The summed E-state index contributed by atoms with van der Waals surface area (Å²) in [5.74, 6) is -0.271. The molecule has 1 atom stereocenters. The van der Waals surface area contributed by atoms with Gasteiger partial charge in [-0.3, -0.25) is 14.6 Å². The van der Waals surface area contributed by atoms with Crippen molar-refractivity contribution in [1.82, 2.24) is 29.8 Å². The maximum Gasteiger partial charge on any atom is 0.313 e. The van der Waals surface area contributed by atoms with Crippen LogP contribution in [0.25, 0.3) is 5.69 Å². The molecule has 0 saturated carbocycles. The molecule has 0 unspecified atom stereocenters. The van der Waals surface area contributed by atoms with Gasteiger partial charge in [0.15, 0.2) is 5.82 Å². The molecule has 4 heterocycles. The average Bonchev–Trinajstić information content (AvgIpc) is 3.37. The molecule has 1 N–H and O–H groups in total. The van der Waals surface area contributed by atoms with Crippen molar-refractivity contribution in [2.45, 2.75) is 25.7 Å². The summed E-state index contributed by atoms with van der Waals surface area (Å²) in [6.07, 6.45) is 8.04. The number of amides is 2. The summed E-state index contributed by atoms with van der Waals surface area (Å²) in [5.41, 5.74) is 1.24. The number of piperidine rings is 1. The Labute approximate surface area is 160 Å². The largest absolute Gasteiger partial charge is 0.339 e. The van der Waals surface area contributed by atoms with E-state index in [0.29, 0.717) is 30.5 Å². The van der Waals surface area contributed by atoms with E-state index in [0.717, 1.165) is 18.5 Å². The fourth-order valence-corrected chi connectivity index (χ4v) is 3.20. The van der Waals surface area contributed by atoms with Gasteiger partial charge in [0.05, 0.1) is 29.7 Å². The normalized spacial score (nSPS) is 16.8. The van der Waals surface area contributed by atoms with Crippen LogP contribution < -0.4 is 5.32 Å². The smallest absolute Gasteiger partial charge is 0.313 e. The first-order chi connectivity index (χ1) is 13.6. The van der Waals surface area contributed by atoms with Crippen LogP contribution in [0.3, 0.4) is 0 Å². The van der Waals surface area contributed by atoms with E-state index in [1.807, 2.05) is 0 Å². The third-order valence-electron chi connectivity index (χ3n) is 4.56. The number of nitrogens with one attached hydrogen (secondary N) is 1. The molecule has 0 aliphatic carbocycles. The van der Waals surface area contributed by atoms with Crippen LogP contribution in [-0.4, -0.2) is 54.7 Å². The third-order valence-corrected chi connectivity index (χ3v) is 4.56. The van der Waals surface area contributed by atoms with Gasteiger partial charge in [0.1, 0.15) is 0 Å². The molecular formula is C18H19N7O3. The van der Waals surface area contributed by atoms with E-state index < -0.39 is 11.8 Å². The highest BCUT2D eigenvalue weighted by Gasteiger charge is 2.31. The number of hydrogen-bond acceptors (Lipinski definition) is 7. The molecule has 1 aliphatic heterocycles. The highest BCUT2D eigenvalue weighted by atomic mass is 16.5. The predicted molar refractivity (Wildman–Crippen MR) is 97.6 cm³/mol. The summed E-state index contributed by atoms with van der Waals surface area (Å²) in [6, 6.07) is 3.58. The minimum atomic E-state index is -0.698. The number of anilines is 1. The number of hydrogen-bond donors (Lipinski definition) is 1. The van der Waals surface area contributed by atoms with Gasteiger partial charge in [-0.15, -0.1) is 0 Å². The lowest BCUT2D eigenvalue weighted by atomic mass is 9.98. The number of likely N-dealkylation sites (tertiary alicyclic amines) is 1. The average molecular weight is 381 g/mol. The maximum atomic E-state index is 12.6. The number of nitrogens with zero attached hydrogens (tertiary/aromatic N) is 6. The van der Waals surface area contributed by atoms with Crippen molar-refractivity contribution >= 4 is 17.5 Å². The lowest BCUT2D eigenvalue weighted by Gasteiger charge is -2.30. The van der Waals surface area contributed by atoms with Crippen molar-refractivity contribution in [2.24, 2.45) is 0 Å². The molecule has 10 nitrogen and oxygen atoms in total. The summed E-state index contributed by atoms with van der Waals surface area (Å²) < 4.78 is 6.81. The number of aromatic nitrogens is 5. The standard InChI is InChI=1S/C18H19N7O3/c1-12-21-17(28-23-12)13-3-2-8-24(10-13)18(27)16(26)22-14-9-20-25(11-14)15-4-6-19-7-5-15/h4-7,9,11,13H,2-3,8,10H2,1H3,(H,22,26)/t13-/m1/s1. The summed E-state index contributed by atoms with van der Waals surface area (Å²) in [6.45, 7) is 2.65. The van der Waals surface area contributed by atoms with Crippen LogP contribution in [0.5, 0.6) is 0 Å². The number of rotatable bonds is 3. The molecule has 3 aromatic heterocycles. The van der Waals surface area contributed by atoms with Gasteiger partial charge in [-0.25, -0.2) is 4.68 Å². The summed E-state index contributed by atoms with van der Waals surface area (Å²) in [7, 11) is 0. The van der Waals surface area contributed by atoms with Gasteiger partial charge in [0.25, 0.3) is 0 Å². The van der Waals surface area contributed by atoms with E-state index in [1.54, 1.807) is 42.3 Å². The van der Waals surface area contributed by atoms with Crippen LogP contribution in [0.15, 0.2) is 41.4 Å². The van der Waals surface area contributed by atoms with E-state index in [1.165, 1.54) is 11.1 Å². The lowest BCUT2D eigenvalue weighted by Crippen LogP contribution is -2.44. The van der Waals surface area contributed by atoms with Crippen molar-refractivity contribution < 1.29 is 14.1 Å². The van der Waals surface area contributed by atoms with Gasteiger partial charge < -0.3 is 14.7 Å². The van der Waals surface area contributed by atoms with Gasteiger partial charge >= 0.3 is 11.8 Å². The first kappa shape index (κ1) is 17.8. The Kier molecular flexibility index (Phi) is 4.83. The molecule has 2 amide bonds. The number of carbonyl (C=O) groups is 2. The summed E-state index contributed by atoms with van der Waals surface area (Å²) in [4.78, 5) is 34.7. The van der Waals surface area contributed by atoms with Crippen molar-refractivity contribution in [3.05, 3.63) is 48.6 Å². The lowest BCUT2D eigenvalue weighted by molar-refractivity contribution is -0.144. The number of pyridine rings is 1. The van der Waals surface area contributed by atoms with Crippen LogP contribution in [0.1, 0.15) is 30.5 Å². The Bertz CT molecular complexity index is 982. The topological polar surface area (TPSA) is 119 Å². The molecule has 10 heteroatoms. The second kappa shape index (κ2) is 7.59. The molecule has 0 radical (unpaired) electrons. The molecule has 0 bridgehead atoms. The quantitative estimate of drug-likeness (QED) is 0.679. The SMILES string of the molecule is Cc1noc([C@@H]2CCCN(C(=O)C(=O)Nc3cnn(-c4ccncc4)c3)C2)n1. The zero-order valence-corrected chi connectivity index (χ0v) is 15.3. The van der Waals surface area contributed by atoms with Gasteiger partial charge in [-0.2, -0.15) is 10.1 Å². The van der Waals surface area contributed by atoms with Crippen LogP contribution in [0, 0.1) is 6.92 Å². The van der Waals surface area contributed by atoms with E-state index in [2.05, 4.69) is 25.5 Å². The Hall–Kier alpha value is -3.56. The first-order valence-electron chi connectivity index (χ1n) is 8.95. The second-order valence-electron chi connectivity index (χ2n) is 6.60. The summed E-state index contributed by atoms with van der Waals surface area (Å²) >= 11 is 0. The minimum absolute atomic E-state index is 0.0545. The molecule has 0 spiro atoms. The van der Waals surface area contributed by atoms with E-state index in [-0.39, 0.29) is 5.92 Å². The Balaban J connectivity index is 1.39. The monoisotopic (exact) mass is 381 g/mol. The molecule has 3 aromatic rings. The van der Waals surface area contributed by atoms with Gasteiger partial charge in [-0.1, -0.05) is 5.16 Å². The van der Waals surface area contributed by atoms with Crippen molar-refractivity contribution in [3.63, 3.8) is 0 Å². The zero-order valence-electron chi connectivity index (χ0n) is 15.3. The number of aryl methyl sites for hydroxylation is 1. The fraction of sp³-hybridized carbons (Fsp3) is 0.333. The Morgan fingerprint density at radius 3 is 2.86 bits per heavy atom. The Morgan fingerprint density at radius 1 is 1.29 bits per heavy atom. The van der Waals surface area contributed by atoms with Crippen LogP contribution in [0.2, 0.25) is 0 Å². The molecule has 4 rings (SSSR count). The summed E-state index contributed by atoms with van der Waals surface area (Å²) in [5, 5.41) is 10.6. The van der Waals surface area contributed by atoms with Crippen molar-refractivity contribution in [1.29, 1.82) is 0 Å². The van der Waals surface area contributed by atoms with Gasteiger partial charge in [-0.05, 0) is 31.9 Å². The molecule has 1 saturated heterocycles. The zero-order chi connectivity index (χ0) is 19.5. The van der Waals surface area contributed by atoms with E-state index in [4.69, 9.17) is 4.52 Å². The molecule has 0 aromatic carbocycles. The van der Waals surface area contributed by atoms with Crippen LogP contribution in [0.4, 0.5) is 5.69 Å². The molecule has 28 heavy (non-hydrogen) atoms. The van der Waals surface area contributed by atoms with E-state index >= 15 is 0 Å². The van der Waals surface area contributed by atoms with Crippen molar-refractivity contribution in [3.8, 4) is 5.69 Å². The highest BCUT2D eigenvalue weighted by Crippen LogP contribution is 2.25. The minimum Gasteiger partial charge on any atom is -0.339 e. The van der Waals surface area contributed by atoms with Crippen LogP contribution in [-0.2, 0) is 9.59 Å². The maximum absolute atomic E-state index is 12.6. The Morgan fingerprint density at radius 2 is 2.11 bits per heavy atom. The number of carbonyl (C=O) groups excluding carboxylic acids is 2. The first-order valence-corrected chi connectivity index (χ1v) is 8.95. The third kappa shape index (κ3) is 3.75. The molecule has 1 fully saturated rings. The van der Waals surface area contributed by atoms with Gasteiger partial charge in [0.2, 0.25) is 5.89 Å². The molecular weight excluding hydrogens is 362 g/mol. The fourth-order valence-electron chi connectivity index (χ4n) is 3.20. The van der Waals surface area contributed by atoms with E-state index in [9.17, 15) is 9.59 Å². The molecule has 1 aliphatic rings. The van der Waals surface area contributed by atoms with Gasteiger partial charge in [0, 0.05) is 25.5 Å². The highest BCUT2D eigenvalue weighted by molar-refractivity contribution is 6.39. The predicted octanol–water partition coefficient (Wildman–Crippen LogP) is 1.30. The van der Waals surface area contributed by atoms with Crippen molar-refractivity contribution in [2.75, 3.05) is 18.4 Å². The second-order valence-corrected chi connectivity index (χ2v) is 6.60.